The molecule has 0 bridgehead atoms. The van der Waals surface area contributed by atoms with E-state index in [1.165, 1.54) is 6.07 Å². The molecule has 1 aliphatic rings. The van der Waals surface area contributed by atoms with Crippen LogP contribution in [-0.2, 0) is 0 Å². The van der Waals surface area contributed by atoms with E-state index in [-0.39, 0.29) is 11.5 Å². The van der Waals surface area contributed by atoms with E-state index in [4.69, 9.17) is 0 Å². The standard InChI is InChI=1S/C12H18N2O2/c1-2-13-5-7-14(8-6-13)10-3-4-11(15)12(16)9-10/h3-4,9,15-16H,2,5-8H2,1H3. The van der Waals surface area contributed by atoms with Gasteiger partial charge in [0.25, 0.3) is 0 Å². The van der Waals surface area contributed by atoms with Crippen molar-refractivity contribution in [3.8, 4) is 11.5 Å². The lowest BCUT2D eigenvalue weighted by molar-refractivity contribution is 0.271. The molecule has 1 aromatic carbocycles. The van der Waals surface area contributed by atoms with E-state index < -0.39 is 0 Å². The quantitative estimate of drug-likeness (QED) is 0.739. The Morgan fingerprint density at radius 1 is 1.06 bits per heavy atom. The van der Waals surface area contributed by atoms with Gasteiger partial charge < -0.3 is 20.0 Å². The molecule has 4 nitrogen and oxygen atoms in total. The Morgan fingerprint density at radius 2 is 1.75 bits per heavy atom. The van der Waals surface area contributed by atoms with Crippen LogP contribution in [0.4, 0.5) is 5.69 Å². The van der Waals surface area contributed by atoms with Crippen LogP contribution in [0.3, 0.4) is 0 Å². The van der Waals surface area contributed by atoms with Gasteiger partial charge in [0.1, 0.15) is 0 Å². The van der Waals surface area contributed by atoms with E-state index in [0.717, 1.165) is 38.4 Å². The molecule has 1 aliphatic heterocycles. The Balaban J connectivity index is 2.05. The fourth-order valence-corrected chi connectivity index (χ4v) is 2.03. The predicted molar refractivity (Wildman–Crippen MR) is 64.1 cm³/mol. The number of phenolic OH excluding ortho intramolecular Hbond substituents is 2. The van der Waals surface area contributed by atoms with Gasteiger partial charge in [-0.05, 0) is 18.7 Å². The third-order valence-electron chi connectivity index (χ3n) is 3.14. The summed E-state index contributed by atoms with van der Waals surface area (Å²) in [7, 11) is 0. The third kappa shape index (κ3) is 2.22. The molecule has 0 atom stereocenters. The number of likely N-dealkylation sites (N-methyl/N-ethyl adjacent to an activating group) is 1. The van der Waals surface area contributed by atoms with Gasteiger partial charge in [0, 0.05) is 37.9 Å². The fraction of sp³-hybridized carbons (Fsp3) is 0.500. The van der Waals surface area contributed by atoms with Crippen LogP contribution in [0, 0.1) is 0 Å². The van der Waals surface area contributed by atoms with Crippen LogP contribution in [0.2, 0.25) is 0 Å². The van der Waals surface area contributed by atoms with Crippen LogP contribution in [0.15, 0.2) is 18.2 Å². The van der Waals surface area contributed by atoms with Gasteiger partial charge in [-0.15, -0.1) is 0 Å². The summed E-state index contributed by atoms with van der Waals surface area (Å²) >= 11 is 0. The van der Waals surface area contributed by atoms with Gasteiger partial charge in [-0.3, -0.25) is 0 Å². The van der Waals surface area contributed by atoms with E-state index in [0.29, 0.717) is 0 Å². The monoisotopic (exact) mass is 222 g/mol. The predicted octanol–water partition coefficient (Wildman–Crippen LogP) is 1.24. The van der Waals surface area contributed by atoms with Gasteiger partial charge in [0.2, 0.25) is 0 Å². The summed E-state index contributed by atoms with van der Waals surface area (Å²) in [4.78, 5) is 4.63. The lowest BCUT2D eigenvalue weighted by Crippen LogP contribution is -2.46. The molecule has 2 N–H and O–H groups in total. The van der Waals surface area contributed by atoms with Crippen LogP contribution in [0.5, 0.6) is 11.5 Å². The van der Waals surface area contributed by atoms with Crippen LogP contribution in [0.1, 0.15) is 6.92 Å². The van der Waals surface area contributed by atoms with E-state index in [1.807, 2.05) is 6.07 Å². The highest BCUT2D eigenvalue weighted by Crippen LogP contribution is 2.29. The first-order chi connectivity index (χ1) is 7.70. The molecule has 1 saturated heterocycles. The van der Waals surface area contributed by atoms with Crippen LogP contribution in [0.25, 0.3) is 0 Å². The van der Waals surface area contributed by atoms with Crippen molar-refractivity contribution in [1.82, 2.24) is 4.90 Å². The molecule has 1 aromatic rings. The van der Waals surface area contributed by atoms with Crippen molar-refractivity contribution >= 4 is 5.69 Å². The van der Waals surface area contributed by atoms with Crippen molar-refractivity contribution < 1.29 is 10.2 Å². The number of nitrogens with zero attached hydrogens (tertiary/aromatic N) is 2. The molecule has 0 unspecified atom stereocenters. The van der Waals surface area contributed by atoms with E-state index in [9.17, 15) is 10.2 Å². The average molecular weight is 222 g/mol. The van der Waals surface area contributed by atoms with Crippen LogP contribution >= 0.6 is 0 Å². The highest BCUT2D eigenvalue weighted by molar-refractivity contribution is 5.55. The highest BCUT2D eigenvalue weighted by Gasteiger charge is 2.16. The number of piperazine rings is 1. The molecule has 0 radical (unpaired) electrons. The molecule has 16 heavy (non-hydrogen) atoms. The molecule has 2 rings (SSSR count). The minimum atomic E-state index is -0.0593. The van der Waals surface area contributed by atoms with Gasteiger partial charge >= 0.3 is 0 Å². The third-order valence-corrected chi connectivity index (χ3v) is 3.14. The SMILES string of the molecule is CCN1CCN(c2ccc(O)c(O)c2)CC1. The lowest BCUT2D eigenvalue weighted by Gasteiger charge is -2.35. The number of anilines is 1. The first-order valence-electron chi connectivity index (χ1n) is 5.70. The number of benzene rings is 1. The molecule has 88 valence electrons. The van der Waals surface area contributed by atoms with Crippen molar-refractivity contribution in [2.45, 2.75) is 6.92 Å². The maximum Gasteiger partial charge on any atom is 0.159 e. The zero-order valence-electron chi connectivity index (χ0n) is 9.56. The molecule has 0 aromatic heterocycles. The average Bonchev–Trinajstić information content (AvgIpc) is 2.33. The molecule has 1 heterocycles. The summed E-state index contributed by atoms with van der Waals surface area (Å²) in [6, 6.07) is 5.00. The minimum absolute atomic E-state index is 0.0459. The van der Waals surface area contributed by atoms with Gasteiger partial charge in [-0.25, -0.2) is 0 Å². The van der Waals surface area contributed by atoms with E-state index >= 15 is 0 Å². The number of aromatic hydroxyl groups is 2. The second kappa shape index (κ2) is 4.61. The number of rotatable bonds is 2. The first kappa shape index (κ1) is 11.1. The minimum Gasteiger partial charge on any atom is -0.504 e. The summed E-state index contributed by atoms with van der Waals surface area (Å²) in [5.41, 5.74) is 0.978. The van der Waals surface area contributed by atoms with Crippen molar-refractivity contribution in [3.05, 3.63) is 18.2 Å². The van der Waals surface area contributed by atoms with E-state index in [1.54, 1.807) is 6.07 Å². The molecule has 0 aliphatic carbocycles. The zero-order valence-corrected chi connectivity index (χ0v) is 9.56. The normalized spacial score (nSPS) is 17.7. The maximum absolute atomic E-state index is 9.44. The van der Waals surface area contributed by atoms with Crippen molar-refractivity contribution in [3.63, 3.8) is 0 Å². The zero-order chi connectivity index (χ0) is 11.5. The maximum atomic E-state index is 9.44. The molecule has 0 saturated carbocycles. The molecule has 0 spiro atoms. The largest absolute Gasteiger partial charge is 0.504 e. The second-order valence-corrected chi connectivity index (χ2v) is 4.09. The number of hydrogen-bond donors (Lipinski definition) is 2. The van der Waals surface area contributed by atoms with Crippen molar-refractivity contribution in [1.29, 1.82) is 0 Å². The summed E-state index contributed by atoms with van der Waals surface area (Å²) in [6.45, 7) is 7.31. The van der Waals surface area contributed by atoms with Gasteiger partial charge in [-0.1, -0.05) is 6.92 Å². The summed E-state index contributed by atoms with van der Waals surface area (Å²) in [5, 5.41) is 18.7. The number of phenols is 2. The first-order valence-corrected chi connectivity index (χ1v) is 5.70. The van der Waals surface area contributed by atoms with Crippen molar-refractivity contribution in [2.24, 2.45) is 0 Å². The van der Waals surface area contributed by atoms with Crippen LogP contribution < -0.4 is 4.90 Å². The summed E-state index contributed by atoms with van der Waals surface area (Å²) in [5.74, 6) is -0.105. The Morgan fingerprint density at radius 3 is 2.31 bits per heavy atom. The fourth-order valence-electron chi connectivity index (χ4n) is 2.03. The van der Waals surface area contributed by atoms with Gasteiger partial charge in [0.05, 0.1) is 0 Å². The number of hydrogen-bond acceptors (Lipinski definition) is 4. The summed E-state index contributed by atoms with van der Waals surface area (Å²) in [6.07, 6.45) is 0. The van der Waals surface area contributed by atoms with Gasteiger partial charge in [0.15, 0.2) is 11.5 Å². The van der Waals surface area contributed by atoms with Gasteiger partial charge in [-0.2, -0.15) is 0 Å². The van der Waals surface area contributed by atoms with E-state index in [2.05, 4.69) is 16.7 Å². The Kier molecular flexibility index (Phi) is 3.19. The lowest BCUT2D eigenvalue weighted by atomic mass is 10.2. The molecule has 0 amide bonds. The smallest absolute Gasteiger partial charge is 0.159 e. The Labute approximate surface area is 95.7 Å². The highest BCUT2D eigenvalue weighted by atomic mass is 16.3. The van der Waals surface area contributed by atoms with Crippen LogP contribution in [-0.4, -0.2) is 47.8 Å². The molecule has 1 fully saturated rings. The second-order valence-electron chi connectivity index (χ2n) is 4.09. The molecular weight excluding hydrogens is 204 g/mol. The Bertz CT molecular complexity index is 360. The summed E-state index contributed by atoms with van der Waals surface area (Å²) < 4.78 is 0. The van der Waals surface area contributed by atoms with Crippen molar-refractivity contribution in [2.75, 3.05) is 37.6 Å². The molecule has 4 heteroatoms. The molecular formula is C12H18N2O2. The topological polar surface area (TPSA) is 46.9 Å². The Hall–Kier alpha value is -1.42.